The molecule has 17 heavy (non-hydrogen) atoms. The predicted molar refractivity (Wildman–Crippen MR) is 62.1 cm³/mol. The molecule has 0 saturated carbocycles. The maximum Gasteiger partial charge on any atom is 0.401 e. The molecule has 1 heterocycles. The highest BCUT2D eigenvalue weighted by Crippen LogP contribution is 2.16. The molecule has 1 saturated heterocycles. The summed E-state index contributed by atoms with van der Waals surface area (Å²) in [6.07, 6.45) is -1.75. The first-order chi connectivity index (χ1) is 8.01. The molecule has 0 aromatic carbocycles. The van der Waals surface area contributed by atoms with E-state index in [-0.39, 0.29) is 0 Å². The molecule has 0 amide bonds. The highest BCUT2D eigenvalue weighted by Gasteiger charge is 2.30. The second kappa shape index (κ2) is 7.18. The lowest BCUT2D eigenvalue weighted by molar-refractivity contribution is -0.146. The molecule has 0 aromatic rings. The summed E-state index contributed by atoms with van der Waals surface area (Å²) in [6.45, 7) is 3.56. The molecule has 1 rings (SSSR count). The van der Waals surface area contributed by atoms with Crippen LogP contribution in [-0.2, 0) is 0 Å². The molecule has 3 nitrogen and oxygen atoms in total. The molecular formula is C11H22F3N3. The van der Waals surface area contributed by atoms with Gasteiger partial charge in [0, 0.05) is 26.2 Å². The third-order valence-corrected chi connectivity index (χ3v) is 3.01. The average molecular weight is 253 g/mol. The van der Waals surface area contributed by atoms with E-state index < -0.39 is 12.7 Å². The van der Waals surface area contributed by atoms with Crippen molar-refractivity contribution in [1.82, 2.24) is 15.1 Å². The number of hydrogen-bond acceptors (Lipinski definition) is 3. The Balaban J connectivity index is 2.28. The van der Waals surface area contributed by atoms with Crippen LogP contribution in [0, 0.1) is 0 Å². The van der Waals surface area contributed by atoms with E-state index in [0.29, 0.717) is 19.6 Å². The normalized spacial score (nSPS) is 18.2. The van der Waals surface area contributed by atoms with Crippen molar-refractivity contribution >= 4 is 0 Å². The zero-order valence-corrected chi connectivity index (χ0v) is 10.4. The summed E-state index contributed by atoms with van der Waals surface area (Å²) in [5.74, 6) is 0. The number of nitrogens with one attached hydrogen (secondary N) is 1. The Morgan fingerprint density at radius 3 is 2.35 bits per heavy atom. The summed E-state index contributed by atoms with van der Waals surface area (Å²) in [5, 5.41) is 2.89. The Labute approximate surface area is 101 Å². The first kappa shape index (κ1) is 14.7. The molecule has 0 unspecified atom stereocenters. The lowest BCUT2D eigenvalue weighted by atomic mass is 10.4. The lowest BCUT2D eigenvalue weighted by Crippen LogP contribution is -2.42. The molecule has 1 N–H and O–H groups in total. The van der Waals surface area contributed by atoms with Crippen molar-refractivity contribution in [3.8, 4) is 0 Å². The number of halogens is 3. The molecule has 0 bridgehead atoms. The second-order valence-corrected chi connectivity index (χ2v) is 4.54. The van der Waals surface area contributed by atoms with Crippen molar-refractivity contribution in [2.24, 2.45) is 0 Å². The highest BCUT2D eigenvalue weighted by atomic mass is 19.4. The Morgan fingerprint density at radius 1 is 1.18 bits per heavy atom. The van der Waals surface area contributed by atoms with E-state index in [2.05, 4.69) is 10.2 Å². The fourth-order valence-electron chi connectivity index (χ4n) is 2.08. The minimum atomic E-state index is -4.10. The van der Waals surface area contributed by atoms with Gasteiger partial charge in [0.05, 0.1) is 6.54 Å². The van der Waals surface area contributed by atoms with Crippen LogP contribution in [0.3, 0.4) is 0 Å². The number of hydrogen-bond donors (Lipinski definition) is 1. The van der Waals surface area contributed by atoms with Crippen LogP contribution in [-0.4, -0.2) is 68.8 Å². The van der Waals surface area contributed by atoms with E-state index >= 15 is 0 Å². The van der Waals surface area contributed by atoms with Gasteiger partial charge in [0.1, 0.15) is 0 Å². The van der Waals surface area contributed by atoms with Crippen molar-refractivity contribution in [2.45, 2.75) is 19.0 Å². The van der Waals surface area contributed by atoms with Crippen LogP contribution in [0.4, 0.5) is 13.2 Å². The molecule has 1 aliphatic heterocycles. The summed E-state index contributed by atoms with van der Waals surface area (Å²) < 4.78 is 37.1. The standard InChI is InChI=1S/C11H22F3N3/c1-15-4-7-17(10-11(12,13)14)9-8-16-5-2-3-6-16/h15H,2-10H2,1H3. The number of likely N-dealkylation sites (N-methyl/N-ethyl adjacent to an activating group) is 1. The highest BCUT2D eigenvalue weighted by molar-refractivity contribution is 4.70. The van der Waals surface area contributed by atoms with Gasteiger partial charge in [0.2, 0.25) is 0 Å². The van der Waals surface area contributed by atoms with Gasteiger partial charge in [0.15, 0.2) is 0 Å². The third kappa shape index (κ3) is 6.85. The molecule has 0 atom stereocenters. The van der Waals surface area contributed by atoms with Gasteiger partial charge in [-0.3, -0.25) is 4.90 Å². The molecule has 1 fully saturated rings. The Bertz CT molecular complexity index is 203. The van der Waals surface area contributed by atoms with Gasteiger partial charge in [-0.05, 0) is 33.0 Å². The fraction of sp³-hybridized carbons (Fsp3) is 1.00. The van der Waals surface area contributed by atoms with Crippen molar-refractivity contribution in [3.05, 3.63) is 0 Å². The van der Waals surface area contributed by atoms with Crippen molar-refractivity contribution < 1.29 is 13.2 Å². The van der Waals surface area contributed by atoms with Crippen LogP contribution in [0.5, 0.6) is 0 Å². The van der Waals surface area contributed by atoms with E-state index in [9.17, 15) is 13.2 Å². The quantitative estimate of drug-likeness (QED) is 0.734. The molecule has 0 aliphatic carbocycles. The minimum Gasteiger partial charge on any atom is -0.318 e. The summed E-state index contributed by atoms with van der Waals surface area (Å²) in [6, 6.07) is 0. The first-order valence-electron chi connectivity index (χ1n) is 6.17. The predicted octanol–water partition coefficient (Wildman–Crippen LogP) is 1.17. The van der Waals surface area contributed by atoms with E-state index in [1.54, 1.807) is 7.05 Å². The van der Waals surface area contributed by atoms with Crippen LogP contribution >= 0.6 is 0 Å². The number of alkyl halides is 3. The molecule has 6 heteroatoms. The van der Waals surface area contributed by atoms with Crippen LogP contribution in [0.15, 0.2) is 0 Å². The lowest BCUT2D eigenvalue weighted by Gasteiger charge is -2.26. The molecule has 1 aliphatic rings. The van der Waals surface area contributed by atoms with E-state index in [1.807, 2.05) is 0 Å². The van der Waals surface area contributed by atoms with Gasteiger partial charge in [-0.25, -0.2) is 0 Å². The van der Waals surface area contributed by atoms with Crippen LogP contribution in [0.25, 0.3) is 0 Å². The van der Waals surface area contributed by atoms with Gasteiger partial charge in [0.25, 0.3) is 0 Å². The largest absolute Gasteiger partial charge is 0.401 e. The van der Waals surface area contributed by atoms with E-state index in [1.165, 1.54) is 17.7 Å². The second-order valence-electron chi connectivity index (χ2n) is 4.54. The van der Waals surface area contributed by atoms with Gasteiger partial charge < -0.3 is 10.2 Å². The Morgan fingerprint density at radius 2 is 1.82 bits per heavy atom. The van der Waals surface area contributed by atoms with Gasteiger partial charge in [-0.15, -0.1) is 0 Å². The number of nitrogens with zero attached hydrogens (tertiary/aromatic N) is 2. The molecule has 0 aromatic heterocycles. The van der Waals surface area contributed by atoms with Gasteiger partial charge in [-0.2, -0.15) is 13.2 Å². The van der Waals surface area contributed by atoms with Crippen molar-refractivity contribution in [1.29, 1.82) is 0 Å². The molecule has 0 radical (unpaired) electrons. The van der Waals surface area contributed by atoms with E-state index in [0.717, 1.165) is 19.6 Å². The monoisotopic (exact) mass is 253 g/mol. The summed E-state index contributed by atoms with van der Waals surface area (Å²) in [4.78, 5) is 3.72. The third-order valence-electron chi connectivity index (χ3n) is 3.01. The van der Waals surface area contributed by atoms with Crippen LogP contribution < -0.4 is 5.32 Å². The zero-order chi connectivity index (χ0) is 12.7. The van der Waals surface area contributed by atoms with Gasteiger partial charge in [-0.1, -0.05) is 0 Å². The van der Waals surface area contributed by atoms with Gasteiger partial charge >= 0.3 is 6.18 Å². The number of rotatable bonds is 7. The Hall–Kier alpha value is -0.330. The minimum absolute atomic E-state index is 0.448. The van der Waals surface area contributed by atoms with Crippen LogP contribution in [0.2, 0.25) is 0 Å². The zero-order valence-electron chi connectivity index (χ0n) is 10.4. The average Bonchev–Trinajstić information content (AvgIpc) is 2.73. The summed E-state index contributed by atoms with van der Waals surface area (Å²) >= 11 is 0. The SMILES string of the molecule is CNCCN(CCN1CCCC1)CC(F)(F)F. The molecular weight excluding hydrogens is 231 g/mol. The van der Waals surface area contributed by atoms with Crippen molar-refractivity contribution in [3.63, 3.8) is 0 Å². The van der Waals surface area contributed by atoms with Crippen LogP contribution in [0.1, 0.15) is 12.8 Å². The maximum atomic E-state index is 12.4. The molecule has 102 valence electrons. The maximum absolute atomic E-state index is 12.4. The first-order valence-corrected chi connectivity index (χ1v) is 6.17. The molecule has 0 spiro atoms. The topological polar surface area (TPSA) is 18.5 Å². The number of likely N-dealkylation sites (tertiary alicyclic amines) is 1. The van der Waals surface area contributed by atoms with E-state index in [4.69, 9.17) is 0 Å². The smallest absolute Gasteiger partial charge is 0.318 e. The Kier molecular flexibility index (Phi) is 6.22. The van der Waals surface area contributed by atoms with Crippen molar-refractivity contribution in [2.75, 3.05) is 52.9 Å². The summed E-state index contributed by atoms with van der Waals surface area (Å²) in [7, 11) is 1.76. The summed E-state index contributed by atoms with van der Waals surface area (Å²) in [5.41, 5.74) is 0. The fourth-order valence-corrected chi connectivity index (χ4v) is 2.08.